The molecule has 1 heterocycles. The first kappa shape index (κ1) is 10.7. The van der Waals surface area contributed by atoms with Crippen LogP contribution in [-0.2, 0) is 6.42 Å². The summed E-state index contributed by atoms with van der Waals surface area (Å²) in [7, 11) is 0. The molecule has 0 amide bonds. The van der Waals surface area contributed by atoms with Crippen LogP contribution in [0.5, 0.6) is 0 Å². The summed E-state index contributed by atoms with van der Waals surface area (Å²) in [6.45, 7) is 0. The van der Waals surface area contributed by atoms with E-state index in [1.54, 1.807) is 11.3 Å². The molecule has 2 aromatic rings. The highest BCUT2D eigenvalue weighted by atomic mass is 35.5. The van der Waals surface area contributed by atoms with Crippen LogP contribution in [-0.4, -0.2) is 0 Å². The van der Waals surface area contributed by atoms with Gasteiger partial charge < -0.3 is 5.73 Å². The van der Waals surface area contributed by atoms with Gasteiger partial charge in [-0.1, -0.05) is 23.7 Å². The lowest BCUT2D eigenvalue weighted by Gasteiger charge is -2.09. The molecule has 15 heavy (non-hydrogen) atoms. The van der Waals surface area contributed by atoms with Gasteiger partial charge in [0.05, 0.1) is 0 Å². The van der Waals surface area contributed by atoms with Gasteiger partial charge >= 0.3 is 0 Å². The molecule has 1 nitrogen and oxygen atoms in total. The number of halogens is 1. The molecule has 2 N–H and O–H groups in total. The van der Waals surface area contributed by atoms with Gasteiger partial charge in [0, 0.05) is 11.1 Å². The van der Waals surface area contributed by atoms with Crippen molar-refractivity contribution in [3.05, 3.63) is 57.2 Å². The number of nitrogens with two attached hydrogens (primary N) is 1. The Balaban J connectivity index is 2.06. The van der Waals surface area contributed by atoms with Crippen molar-refractivity contribution < 1.29 is 0 Å². The fraction of sp³-hybridized carbons (Fsp3) is 0.167. The SMILES string of the molecule is NC(Cc1ccc(Cl)cc1)c1ccsc1. The van der Waals surface area contributed by atoms with Crippen molar-refractivity contribution in [2.45, 2.75) is 12.5 Å². The third kappa shape index (κ3) is 2.81. The molecular formula is C12H12ClNS. The van der Waals surface area contributed by atoms with Crippen molar-refractivity contribution in [1.82, 2.24) is 0 Å². The van der Waals surface area contributed by atoms with E-state index in [-0.39, 0.29) is 6.04 Å². The summed E-state index contributed by atoms with van der Waals surface area (Å²) in [5.74, 6) is 0. The van der Waals surface area contributed by atoms with E-state index < -0.39 is 0 Å². The maximum absolute atomic E-state index is 6.08. The molecule has 78 valence electrons. The Hall–Kier alpha value is -0.830. The molecule has 0 saturated heterocycles. The van der Waals surface area contributed by atoms with Crippen molar-refractivity contribution in [2.24, 2.45) is 5.73 Å². The van der Waals surface area contributed by atoms with Gasteiger partial charge in [-0.2, -0.15) is 11.3 Å². The molecule has 0 saturated carbocycles. The van der Waals surface area contributed by atoms with E-state index >= 15 is 0 Å². The monoisotopic (exact) mass is 237 g/mol. The first-order valence-electron chi connectivity index (χ1n) is 4.78. The molecule has 2 rings (SSSR count). The van der Waals surface area contributed by atoms with Crippen LogP contribution in [0.3, 0.4) is 0 Å². The lowest BCUT2D eigenvalue weighted by Crippen LogP contribution is -2.12. The quantitative estimate of drug-likeness (QED) is 0.867. The first-order valence-corrected chi connectivity index (χ1v) is 6.10. The number of benzene rings is 1. The van der Waals surface area contributed by atoms with Gasteiger partial charge in [-0.15, -0.1) is 0 Å². The lowest BCUT2D eigenvalue weighted by molar-refractivity contribution is 0.725. The summed E-state index contributed by atoms with van der Waals surface area (Å²) in [6.07, 6.45) is 0.855. The third-order valence-electron chi connectivity index (χ3n) is 2.34. The molecule has 0 aliphatic rings. The summed E-state index contributed by atoms with van der Waals surface area (Å²) in [5.41, 5.74) is 8.51. The first-order chi connectivity index (χ1) is 7.25. The summed E-state index contributed by atoms with van der Waals surface area (Å²) < 4.78 is 0. The van der Waals surface area contributed by atoms with E-state index in [1.807, 2.05) is 24.3 Å². The van der Waals surface area contributed by atoms with Crippen molar-refractivity contribution >= 4 is 22.9 Å². The third-order valence-corrected chi connectivity index (χ3v) is 3.29. The maximum atomic E-state index is 6.08. The van der Waals surface area contributed by atoms with E-state index in [9.17, 15) is 0 Å². The van der Waals surface area contributed by atoms with Gasteiger partial charge in [-0.05, 0) is 46.5 Å². The highest BCUT2D eigenvalue weighted by Crippen LogP contribution is 2.19. The summed E-state index contributed by atoms with van der Waals surface area (Å²) in [5, 5.41) is 4.92. The predicted octanol–water partition coefficient (Wildman–Crippen LogP) is 3.64. The van der Waals surface area contributed by atoms with Crippen LogP contribution in [0.1, 0.15) is 17.2 Å². The highest BCUT2D eigenvalue weighted by Gasteiger charge is 2.06. The lowest BCUT2D eigenvalue weighted by atomic mass is 10.0. The fourth-order valence-electron chi connectivity index (χ4n) is 1.48. The Morgan fingerprint density at radius 1 is 1.20 bits per heavy atom. The molecule has 0 spiro atoms. The zero-order valence-corrected chi connectivity index (χ0v) is 9.76. The second-order valence-electron chi connectivity index (χ2n) is 3.49. The highest BCUT2D eigenvalue weighted by molar-refractivity contribution is 7.07. The average molecular weight is 238 g/mol. The smallest absolute Gasteiger partial charge is 0.0406 e. The van der Waals surface area contributed by atoms with Gasteiger partial charge in [0.25, 0.3) is 0 Å². The molecule has 0 radical (unpaired) electrons. The molecule has 1 aromatic heterocycles. The van der Waals surface area contributed by atoms with Crippen molar-refractivity contribution in [1.29, 1.82) is 0 Å². The van der Waals surface area contributed by atoms with Crippen LogP contribution in [0.15, 0.2) is 41.1 Å². The second kappa shape index (κ2) is 4.79. The van der Waals surface area contributed by atoms with Crippen LogP contribution in [0, 0.1) is 0 Å². The molecular weight excluding hydrogens is 226 g/mol. The molecule has 3 heteroatoms. The zero-order chi connectivity index (χ0) is 10.7. The standard InChI is InChI=1S/C12H12ClNS/c13-11-3-1-9(2-4-11)7-12(14)10-5-6-15-8-10/h1-6,8,12H,7,14H2. The van der Waals surface area contributed by atoms with Crippen LogP contribution < -0.4 is 5.73 Å². The average Bonchev–Trinajstić information content (AvgIpc) is 2.74. The summed E-state index contributed by atoms with van der Waals surface area (Å²) in [4.78, 5) is 0. The van der Waals surface area contributed by atoms with Crippen molar-refractivity contribution in [2.75, 3.05) is 0 Å². The fourth-order valence-corrected chi connectivity index (χ4v) is 2.33. The number of hydrogen-bond donors (Lipinski definition) is 1. The van der Waals surface area contributed by atoms with Crippen LogP contribution >= 0.6 is 22.9 Å². The van der Waals surface area contributed by atoms with Gasteiger partial charge in [0.15, 0.2) is 0 Å². The van der Waals surface area contributed by atoms with Crippen LogP contribution in [0.4, 0.5) is 0 Å². The largest absolute Gasteiger partial charge is 0.324 e. The topological polar surface area (TPSA) is 26.0 Å². The van der Waals surface area contributed by atoms with Crippen LogP contribution in [0.25, 0.3) is 0 Å². The summed E-state index contributed by atoms with van der Waals surface area (Å²) >= 11 is 7.50. The zero-order valence-electron chi connectivity index (χ0n) is 8.19. The molecule has 1 unspecified atom stereocenters. The Morgan fingerprint density at radius 2 is 1.93 bits per heavy atom. The van der Waals surface area contributed by atoms with E-state index in [0.29, 0.717) is 0 Å². The molecule has 1 atom stereocenters. The minimum absolute atomic E-state index is 0.0809. The molecule has 0 aliphatic heterocycles. The van der Waals surface area contributed by atoms with Crippen molar-refractivity contribution in [3.8, 4) is 0 Å². The Bertz CT molecular complexity index is 408. The molecule has 0 fully saturated rings. The molecule has 1 aromatic carbocycles. The van der Waals surface area contributed by atoms with E-state index in [1.165, 1.54) is 11.1 Å². The number of thiophene rings is 1. The second-order valence-corrected chi connectivity index (χ2v) is 4.71. The molecule has 0 bridgehead atoms. The minimum atomic E-state index is 0.0809. The molecule has 0 aliphatic carbocycles. The Labute approximate surface area is 98.5 Å². The van der Waals surface area contributed by atoms with Gasteiger partial charge in [-0.25, -0.2) is 0 Å². The Morgan fingerprint density at radius 3 is 2.53 bits per heavy atom. The van der Waals surface area contributed by atoms with Crippen molar-refractivity contribution in [3.63, 3.8) is 0 Å². The Kier molecular flexibility index (Phi) is 3.41. The van der Waals surface area contributed by atoms with Gasteiger partial charge in [0.1, 0.15) is 0 Å². The van der Waals surface area contributed by atoms with Crippen LogP contribution in [0.2, 0.25) is 5.02 Å². The number of rotatable bonds is 3. The normalized spacial score (nSPS) is 12.7. The maximum Gasteiger partial charge on any atom is 0.0406 e. The van der Waals surface area contributed by atoms with E-state index in [4.69, 9.17) is 17.3 Å². The van der Waals surface area contributed by atoms with E-state index in [0.717, 1.165) is 11.4 Å². The van der Waals surface area contributed by atoms with E-state index in [2.05, 4.69) is 16.8 Å². The summed E-state index contributed by atoms with van der Waals surface area (Å²) in [6, 6.07) is 10.0. The minimum Gasteiger partial charge on any atom is -0.324 e. The predicted molar refractivity (Wildman–Crippen MR) is 66.4 cm³/mol. The van der Waals surface area contributed by atoms with Gasteiger partial charge in [0.2, 0.25) is 0 Å². The van der Waals surface area contributed by atoms with Gasteiger partial charge in [-0.3, -0.25) is 0 Å². The number of hydrogen-bond acceptors (Lipinski definition) is 2.